The molecule has 1 atom stereocenters. The second kappa shape index (κ2) is 7.67. The predicted molar refractivity (Wildman–Crippen MR) is 107 cm³/mol. The fourth-order valence-electron chi connectivity index (χ4n) is 3.96. The number of rotatable bonds is 4. The summed E-state index contributed by atoms with van der Waals surface area (Å²) >= 11 is 0. The highest BCUT2D eigenvalue weighted by atomic mass is 16.5. The van der Waals surface area contributed by atoms with Crippen LogP contribution < -0.4 is 15.0 Å². The molecule has 29 heavy (non-hydrogen) atoms. The molecule has 0 bridgehead atoms. The molecule has 150 valence electrons. The molecule has 9 nitrogen and oxygen atoms in total. The number of anilines is 1. The summed E-state index contributed by atoms with van der Waals surface area (Å²) in [5.74, 6) is 1.83. The topological polar surface area (TPSA) is 87.9 Å². The normalized spacial score (nSPS) is 19.6. The van der Waals surface area contributed by atoms with E-state index in [0.29, 0.717) is 13.2 Å². The summed E-state index contributed by atoms with van der Waals surface area (Å²) in [5.41, 5.74) is 1.80. The van der Waals surface area contributed by atoms with Crippen LogP contribution in [0.25, 0.3) is 5.65 Å². The molecule has 1 aromatic carbocycles. The number of fused-ring (bicyclic) bond motifs is 2. The van der Waals surface area contributed by atoms with Crippen LogP contribution in [0.1, 0.15) is 18.0 Å². The van der Waals surface area contributed by atoms with E-state index in [4.69, 9.17) is 4.74 Å². The molecule has 0 spiro atoms. The molecule has 0 radical (unpaired) electrons. The number of nitrogens with one attached hydrogen (secondary N) is 1. The third-order valence-corrected chi connectivity index (χ3v) is 5.50. The van der Waals surface area contributed by atoms with Crippen molar-refractivity contribution in [1.29, 1.82) is 0 Å². The van der Waals surface area contributed by atoms with Crippen molar-refractivity contribution in [3.05, 3.63) is 48.3 Å². The van der Waals surface area contributed by atoms with Crippen LogP contribution in [0, 0.1) is 0 Å². The quantitative estimate of drug-likeness (QED) is 0.704. The zero-order chi connectivity index (χ0) is 19.6. The summed E-state index contributed by atoms with van der Waals surface area (Å²) < 4.78 is 7.36. The second-order valence-electron chi connectivity index (χ2n) is 7.38. The molecule has 5 rings (SSSR count). The zero-order valence-electron chi connectivity index (χ0n) is 16.1. The zero-order valence-corrected chi connectivity index (χ0v) is 16.1. The molecule has 0 unspecified atom stereocenters. The average Bonchev–Trinajstić information content (AvgIpc) is 3.22. The number of para-hydroxylation sites is 1. The first-order chi connectivity index (χ1) is 14.3. The first-order valence-corrected chi connectivity index (χ1v) is 9.92. The van der Waals surface area contributed by atoms with Crippen molar-refractivity contribution in [3.8, 4) is 5.75 Å². The van der Waals surface area contributed by atoms with Gasteiger partial charge in [0.2, 0.25) is 5.91 Å². The number of hydrogen-bond acceptors (Lipinski definition) is 7. The molecule has 4 heterocycles. The smallest absolute Gasteiger partial charge is 0.234 e. The number of carbonyl (C=O) groups excluding carboxylic acids is 1. The molecule has 1 saturated heterocycles. The minimum absolute atomic E-state index is 0.0217. The molecule has 2 aromatic heterocycles. The van der Waals surface area contributed by atoms with Crippen molar-refractivity contribution in [2.24, 2.45) is 0 Å². The number of piperazine rings is 1. The number of hydrogen-bond donors (Lipinski definition) is 1. The molecule has 0 aliphatic carbocycles. The average molecular weight is 393 g/mol. The van der Waals surface area contributed by atoms with Crippen LogP contribution in [0.2, 0.25) is 0 Å². The van der Waals surface area contributed by atoms with E-state index in [9.17, 15) is 4.79 Å². The van der Waals surface area contributed by atoms with Gasteiger partial charge < -0.3 is 15.0 Å². The number of carbonyl (C=O) groups is 1. The lowest BCUT2D eigenvalue weighted by Gasteiger charge is -2.35. The Kier molecular flexibility index (Phi) is 4.73. The second-order valence-corrected chi connectivity index (χ2v) is 7.38. The third kappa shape index (κ3) is 3.73. The maximum atomic E-state index is 12.6. The predicted octanol–water partition coefficient (Wildman–Crippen LogP) is 0.886. The van der Waals surface area contributed by atoms with Crippen LogP contribution in [-0.2, 0) is 4.79 Å². The summed E-state index contributed by atoms with van der Waals surface area (Å²) in [6.45, 7) is 4.33. The van der Waals surface area contributed by atoms with E-state index < -0.39 is 0 Å². The Morgan fingerprint density at radius 3 is 2.90 bits per heavy atom. The fourth-order valence-corrected chi connectivity index (χ4v) is 3.96. The Balaban J connectivity index is 1.15. The van der Waals surface area contributed by atoms with Crippen molar-refractivity contribution in [1.82, 2.24) is 30.0 Å². The van der Waals surface area contributed by atoms with Gasteiger partial charge in [0.25, 0.3) is 0 Å². The van der Waals surface area contributed by atoms with E-state index in [-0.39, 0.29) is 11.9 Å². The van der Waals surface area contributed by atoms with Gasteiger partial charge in [0.1, 0.15) is 17.9 Å². The lowest BCUT2D eigenvalue weighted by Crippen LogP contribution is -2.50. The standard InChI is InChI=1S/C20H23N7O2/c28-20(22-16-7-12-29-17-4-2-1-3-15(16)17)13-25-8-10-26(11-9-25)19-6-5-18-23-21-14-27(18)24-19/h1-6,14,16H,7-13H2,(H,22,28)/t16-/m0/s1. The molecule has 1 N–H and O–H groups in total. The van der Waals surface area contributed by atoms with Crippen molar-refractivity contribution in [3.63, 3.8) is 0 Å². The van der Waals surface area contributed by atoms with Crippen LogP contribution in [0.4, 0.5) is 5.82 Å². The maximum Gasteiger partial charge on any atom is 0.234 e. The van der Waals surface area contributed by atoms with Gasteiger partial charge in [-0.15, -0.1) is 15.3 Å². The van der Waals surface area contributed by atoms with Gasteiger partial charge in [-0.2, -0.15) is 4.52 Å². The fraction of sp³-hybridized carbons (Fsp3) is 0.400. The number of nitrogens with zero attached hydrogens (tertiary/aromatic N) is 6. The molecule has 2 aliphatic heterocycles. The molecule has 9 heteroatoms. The molecule has 3 aromatic rings. The minimum atomic E-state index is 0.0217. The van der Waals surface area contributed by atoms with Gasteiger partial charge in [0, 0.05) is 38.2 Å². The van der Waals surface area contributed by atoms with E-state index in [1.165, 1.54) is 0 Å². The van der Waals surface area contributed by atoms with E-state index in [0.717, 1.165) is 55.4 Å². The Labute approximate surface area is 168 Å². The van der Waals surface area contributed by atoms with Gasteiger partial charge in [-0.1, -0.05) is 18.2 Å². The largest absolute Gasteiger partial charge is 0.493 e. The first-order valence-electron chi connectivity index (χ1n) is 9.92. The van der Waals surface area contributed by atoms with Gasteiger partial charge in [-0.3, -0.25) is 9.69 Å². The Bertz CT molecular complexity index is 1010. The van der Waals surface area contributed by atoms with Crippen LogP contribution >= 0.6 is 0 Å². The van der Waals surface area contributed by atoms with E-state index in [1.54, 1.807) is 10.8 Å². The van der Waals surface area contributed by atoms with Gasteiger partial charge in [-0.25, -0.2) is 0 Å². The van der Waals surface area contributed by atoms with Crippen molar-refractivity contribution >= 4 is 17.4 Å². The third-order valence-electron chi connectivity index (χ3n) is 5.50. The van der Waals surface area contributed by atoms with Crippen molar-refractivity contribution in [2.45, 2.75) is 12.5 Å². The van der Waals surface area contributed by atoms with Crippen LogP contribution in [0.5, 0.6) is 5.75 Å². The van der Waals surface area contributed by atoms with Gasteiger partial charge in [0.05, 0.1) is 19.2 Å². The molecular formula is C20H23N7O2. The Morgan fingerprint density at radius 2 is 2.00 bits per heavy atom. The number of benzene rings is 1. The lowest BCUT2D eigenvalue weighted by atomic mass is 10.0. The number of ether oxygens (including phenoxy) is 1. The van der Waals surface area contributed by atoms with Crippen LogP contribution in [-0.4, -0.2) is 69.9 Å². The molecule has 0 saturated carbocycles. The number of amides is 1. The Hall–Kier alpha value is -3.20. The number of aromatic nitrogens is 4. The molecular weight excluding hydrogens is 370 g/mol. The summed E-state index contributed by atoms with van der Waals surface area (Å²) in [7, 11) is 0. The van der Waals surface area contributed by atoms with Crippen molar-refractivity contribution in [2.75, 3.05) is 44.2 Å². The maximum absolute atomic E-state index is 12.6. The lowest BCUT2D eigenvalue weighted by molar-refractivity contribution is -0.123. The molecule has 1 amide bonds. The first kappa shape index (κ1) is 17.9. The van der Waals surface area contributed by atoms with E-state index in [2.05, 4.69) is 30.4 Å². The van der Waals surface area contributed by atoms with Crippen LogP contribution in [0.3, 0.4) is 0 Å². The highest BCUT2D eigenvalue weighted by Crippen LogP contribution is 2.31. The van der Waals surface area contributed by atoms with E-state index in [1.807, 2.05) is 36.4 Å². The summed E-state index contributed by atoms with van der Waals surface area (Å²) in [4.78, 5) is 17.0. The summed E-state index contributed by atoms with van der Waals surface area (Å²) in [6, 6.07) is 11.8. The SMILES string of the molecule is O=C(CN1CCN(c2ccc3nncn3n2)CC1)N[C@H]1CCOc2ccccc21. The summed E-state index contributed by atoms with van der Waals surface area (Å²) in [6.07, 6.45) is 2.40. The summed E-state index contributed by atoms with van der Waals surface area (Å²) in [5, 5.41) is 15.6. The monoisotopic (exact) mass is 393 g/mol. The van der Waals surface area contributed by atoms with Gasteiger partial charge >= 0.3 is 0 Å². The minimum Gasteiger partial charge on any atom is -0.493 e. The van der Waals surface area contributed by atoms with Crippen molar-refractivity contribution < 1.29 is 9.53 Å². The highest BCUT2D eigenvalue weighted by Gasteiger charge is 2.25. The van der Waals surface area contributed by atoms with Crippen LogP contribution in [0.15, 0.2) is 42.7 Å². The highest BCUT2D eigenvalue weighted by molar-refractivity contribution is 5.78. The molecule has 1 fully saturated rings. The van der Waals surface area contributed by atoms with Gasteiger partial charge in [0.15, 0.2) is 5.65 Å². The van der Waals surface area contributed by atoms with Gasteiger partial charge in [-0.05, 0) is 18.2 Å². The van der Waals surface area contributed by atoms with E-state index >= 15 is 0 Å². The Morgan fingerprint density at radius 1 is 1.14 bits per heavy atom. The molecule has 2 aliphatic rings.